The molecule has 3 unspecified atom stereocenters. The van der Waals surface area contributed by atoms with Crippen molar-refractivity contribution >= 4 is 6.09 Å². The van der Waals surface area contributed by atoms with E-state index in [0.717, 1.165) is 26.1 Å². The topological polar surface area (TPSA) is 41.6 Å². The molecule has 0 saturated carbocycles. The summed E-state index contributed by atoms with van der Waals surface area (Å²) in [7, 11) is 1.47. The predicted octanol–water partition coefficient (Wildman–Crippen LogP) is 1.07. The molecule has 1 N–H and O–H groups in total. The third-order valence-electron chi connectivity index (χ3n) is 3.83. The van der Waals surface area contributed by atoms with Gasteiger partial charge in [-0.25, -0.2) is 4.79 Å². The molecule has 2 aliphatic heterocycles. The van der Waals surface area contributed by atoms with Gasteiger partial charge in [-0.2, -0.15) is 0 Å². The fourth-order valence-electron chi connectivity index (χ4n) is 3.08. The fraction of sp³-hybridized carbons (Fsp3) is 0.909. The zero-order valence-electron chi connectivity index (χ0n) is 9.53. The van der Waals surface area contributed by atoms with E-state index in [0.29, 0.717) is 17.9 Å². The molecular weight excluding hydrogens is 192 g/mol. The molecule has 0 aromatic heterocycles. The maximum Gasteiger partial charge on any atom is 0.409 e. The van der Waals surface area contributed by atoms with Gasteiger partial charge < -0.3 is 15.0 Å². The standard InChI is InChI=1S/C11H20N2O2/c1-3-10-9-6-12-5-4-8(9)7-13(10)11(14)15-2/h8-10,12H,3-7H2,1-2H3. The summed E-state index contributed by atoms with van der Waals surface area (Å²) in [5.41, 5.74) is 0. The van der Waals surface area contributed by atoms with Crippen LogP contribution in [0.4, 0.5) is 4.79 Å². The average Bonchev–Trinajstić information content (AvgIpc) is 2.66. The first-order valence-corrected chi connectivity index (χ1v) is 5.83. The van der Waals surface area contributed by atoms with Gasteiger partial charge in [0.2, 0.25) is 0 Å². The molecule has 2 saturated heterocycles. The molecule has 0 radical (unpaired) electrons. The normalized spacial score (nSPS) is 35.1. The van der Waals surface area contributed by atoms with Crippen molar-refractivity contribution in [2.75, 3.05) is 26.7 Å². The van der Waals surface area contributed by atoms with E-state index in [1.165, 1.54) is 13.5 Å². The molecule has 4 heteroatoms. The number of carbonyl (C=O) groups excluding carboxylic acids is 1. The number of ether oxygens (including phenoxy) is 1. The van der Waals surface area contributed by atoms with Gasteiger partial charge in [-0.1, -0.05) is 6.92 Å². The molecule has 15 heavy (non-hydrogen) atoms. The van der Waals surface area contributed by atoms with Gasteiger partial charge in [0.05, 0.1) is 7.11 Å². The molecule has 0 spiro atoms. The second-order valence-corrected chi connectivity index (χ2v) is 4.51. The molecule has 3 atom stereocenters. The van der Waals surface area contributed by atoms with Crippen molar-refractivity contribution in [3.63, 3.8) is 0 Å². The van der Waals surface area contributed by atoms with Gasteiger partial charge in [0.15, 0.2) is 0 Å². The van der Waals surface area contributed by atoms with Crippen LogP contribution >= 0.6 is 0 Å². The van der Waals surface area contributed by atoms with Crippen LogP contribution in [0.1, 0.15) is 19.8 Å². The second-order valence-electron chi connectivity index (χ2n) is 4.51. The van der Waals surface area contributed by atoms with Gasteiger partial charge in [-0.05, 0) is 31.2 Å². The van der Waals surface area contributed by atoms with Crippen LogP contribution in [0.15, 0.2) is 0 Å². The lowest BCUT2D eigenvalue weighted by Crippen LogP contribution is -2.41. The van der Waals surface area contributed by atoms with E-state index in [1.54, 1.807) is 0 Å². The molecule has 2 aliphatic rings. The summed E-state index contributed by atoms with van der Waals surface area (Å²) >= 11 is 0. The van der Waals surface area contributed by atoms with Crippen LogP contribution in [0, 0.1) is 11.8 Å². The van der Waals surface area contributed by atoms with Crippen molar-refractivity contribution in [3.05, 3.63) is 0 Å². The summed E-state index contributed by atoms with van der Waals surface area (Å²) in [6.45, 7) is 5.18. The number of rotatable bonds is 1. The second kappa shape index (κ2) is 4.39. The quantitative estimate of drug-likeness (QED) is 0.707. The summed E-state index contributed by atoms with van der Waals surface area (Å²) in [4.78, 5) is 13.5. The first-order chi connectivity index (χ1) is 7.27. The lowest BCUT2D eigenvalue weighted by molar-refractivity contribution is 0.113. The van der Waals surface area contributed by atoms with Gasteiger partial charge >= 0.3 is 6.09 Å². The van der Waals surface area contributed by atoms with Gasteiger partial charge in [-0.3, -0.25) is 0 Å². The number of nitrogens with zero attached hydrogens (tertiary/aromatic N) is 1. The van der Waals surface area contributed by atoms with Gasteiger partial charge in [0.1, 0.15) is 0 Å². The molecule has 2 fully saturated rings. The van der Waals surface area contributed by atoms with Crippen LogP contribution in [0.3, 0.4) is 0 Å². The Bertz CT molecular complexity index is 245. The van der Waals surface area contributed by atoms with Gasteiger partial charge in [0.25, 0.3) is 0 Å². The molecule has 2 heterocycles. The third kappa shape index (κ3) is 1.83. The van der Waals surface area contributed by atoms with Crippen LogP contribution in [-0.2, 0) is 4.74 Å². The Morgan fingerprint density at radius 1 is 1.60 bits per heavy atom. The number of amides is 1. The van der Waals surface area contributed by atoms with E-state index < -0.39 is 0 Å². The summed E-state index contributed by atoms with van der Waals surface area (Å²) in [6.07, 6.45) is 2.06. The van der Waals surface area contributed by atoms with Crippen LogP contribution in [0.5, 0.6) is 0 Å². The third-order valence-corrected chi connectivity index (χ3v) is 3.83. The highest BCUT2D eigenvalue weighted by molar-refractivity contribution is 5.68. The van der Waals surface area contributed by atoms with E-state index in [1.807, 2.05) is 4.90 Å². The summed E-state index contributed by atoms with van der Waals surface area (Å²) in [5.74, 6) is 1.30. The Morgan fingerprint density at radius 3 is 3.07 bits per heavy atom. The minimum Gasteiger partial charge on any atom is -0.453 e. The molecule has 86 valence electrons. The largest absolute Gasteiger partial charge is 0.453 e. The van der Waals surface area contributed by atoms with E-state index in [2.05, 4.69) is 12.2 Å². The van der Waals surface area contributed by atoms with Gasteiger partial charge in [0, 0.05) is 19.1 Å². The van der Waals surface area contributed by atoms with Crippen molar-refractivity contribution < 1.29 is 9.53 Å². The number of hydrogen-bond donors (Lipinski definition) is 1. The lowest BCUT2D eigenvalue weighted by Gasteiger charge is -2.29. The molecule has 0 aliphatic carbocycles. The minimum atomic E-state index is -0.156. The first kappa shape index (κ1) is 10.7. The van der Waals surface area contributed by atoms with Crippen LogP contribution in [0.25, 0.3) is 0 Å². The maximum absolute atomic E-state index is 11.6. The van der Waals surface area contributed by atoms with Crippen LogP contribution in [-0.4, -0.2) is 43.8 Å². The van der Waals surface area contributed by atoms with Crippen molar-refractivity contribution in [1.82, 2.24) is 10.2 Å². The minimum absolute atomic E-state index is 0.156. The van der Waals surface area contributed by atoms with Gasteiger partial charge in [-0.15, -0.1) is 0 Å². The highest BCUT2D eigenvalue weighted by atomic mass is 16.5. The molecule has 2 rings (SSSR count). The lowest BCUT2D eigenvalue weighted by atomic mass is 9.85. The number of nitrogens with one attached hydrogen (secondary N) is 1. The Morgan fingerprint density at radius 2 is 2.40 bits per heavy atom. The maximum atomic E-state index is 11.6. The van der Waals surface area contributed by atoms with Crippen molar-refractivity contribution in [2.24, 2.45) is 11.8 Å². The van der Waals surface area contributed by atoms with Crippen LogP contribution < -0.4 is 5.32 Å². The molecule has 0 bridgehead atoms. The summed E-state index contributed by atoms with van der Waals surface area (Å²) < 4.78 is 4.84. The zero-order valence-corrected chi connectivity index (χ0v) is 9.53. The van der Waals surface area contributed by atoms with Crippen molar-refractivity contribution in [1.29, 1.82) is 0 Å². The van der Waals surface area contributed by atoms with Crippen molar-refractivity contribution in [2.45, 2.75) is 25.8 Å². The van der Waals surface area contributed by atoms with E-state index >= 15 is 0 Å². The predicted molar refractivity (Wildman–Crippen MR) is 57.7 cm³/mol. The smallest absolute Gasteiger partial charge is 0.409 e. The summed E-state index contributed by atoms with van der Waals surface area (Å²) in [5, 5.41) is 3.42. The van der Waals surface area contributed by atoms with E-state index in [-0.39, 0.29) is 6.09 Å². The SMILES string of the molecule is CCC1C2CNCCC2CN1C(=O)OC. The number of hydrogen-bond acceptors (Lipinski definition) is 3. The zero-order chi connectivity index (χ0) is 10.8. The molecule has 4 nitrogen and oxygen atoms in total. The molecule has 1 amide bonds. The first-order valence-electron chi connectivity index (χ1n) is 5.83. The number of piperidine rings is 1. The van der Waals surface area contributed by atoms with E-state index in [9.17, 15) is 4.79 Å². The Kier molecular flexibility index (Phi) is 3.14. The average molecular weight is 212 g/mol. The van der Waals surface area contributed by atoms with Crippen LogP contribution in [0.2, 0.25) is 0 Å². The monoisotopic (exact) mass is 212 g/mol. The highest BCUT2D eigenvalue weighted by Crippen LogP contribution is 2.35. The molecular formula is C11H20N2O2. The Balaban J connectivity index is 2.10. The molecule has 0 aromatic rings. The summed E-state index contributed by atoms with van der Waals surface area (Å²) in [6, 6.07) is 0.371. The number of fused-ring (bicyclic) bond motifs is 1. The fourth-order valence-corrected chi connectivity index (χ4v) is 3.08. The number of methoxy groups -OCH3 is 1. The van der Waals surface area contributed by atoms with Crippen molar-refractivity contribution in [3.8, 4) is 0 Å². The Hall–Kier alpha value is -0.770. The number of carbonyl (C=O) groups is 1. The number of likely N-dealkylation sites (tertiary alicyclic amines) is 1. The Labute approximate surface area is 91.0 Å². The molecule has 0 aromatic carbocycles. The van der Waals surface area contributed by atoms with E-state index in [4.69, 9.17) is 4.74 Å². The highest BCUT2D eigenvalue weighted by Gasteiger charge is 2.43.